The van der Waals surface area contributed by atoms with Crippen molar-refractivity contribution in [2.45, 2.75) is 20.0 Å². The summed E-state index contributed by atoms with van der Waals surface area (Å²) in [7, 11) is 4.74. The molecule has 0 radical (unpaired) electrons. The van der Waals surface area contributed by atoms with E-state index >= 15 is 0 Å². The Labute approximate surface area is 244 Å². The molecule has 0 aliphatic heterocycles. The molecule has 13 heteroatoms. The molecule has 3 heterocycles. The number of amides is 2. The van der Waals surface area contributed by atoms with Gasteiger partial charge in [0.1, 0.15) is 23.4 Å². The van der Waals surface area contributed by atoms with Gasteiger partial charge in [-0.15, -0.1) is 11.3 Å². The Morgan fingerprint density at radius 1 is 1.10 bits per heavy atom. The summed E-state index contributed by atoms with van der Waals surface area (Å²) in [6.07, 6.45) is 1.54. The first kappa shape index (κ1) is 28.6. The molecule has 0 saturated heterocycles. The molecule has 5 aromatic rings. The van der Waals surface area contributed by atoms with Gasteiger partial charge in [-0.1, -0.05) is 0 Å². The van der Waals surface area contributed by atoms with Crippen molar-refractivity contribution in [3.05, 3.63) is 65.9 Å². The molecule has 1 N–H and O–H groups in total. The highest BCUT2D eigenvalue weighted by atomic mass is 32.1. The largest absolute Gasteiger partial charge is 0.484 e. The monoisotopic (exact) mass is 590 g/mol. The lowest BCUT2D eigenvalue weighted by Gasteiger charge is -2.16. The van der Waals surface area contributed by atoms with Gasteiger partial charge in [0.05, 0.1) is 34.6 Å². The van der Waals surface area contributed by atoms with E-state index in [0.717, 1.165) is 11.1 Å². The Hall–Kier alpha value is -4.91. The van der Waals surface area contributed by atoms with Crippen molar-refractivity contribution in [1.82, 2.24) is 24.8 Å². The van der Waals surface area contributed by atoms with Crippen LogP contribution in [0.3, 0.4) is 0 Å². The van der Waals surface area contributed by atoms with Crippen LogP contribution in [0.4, 0.5) is 14.9 Å². The van der Waals surface area contributed by atoms with Crippen molar-refractivity contribution in [1.29, 1.82) is 0 Å². The molecular formula is C29H27FN6O5S. The first-order valence-corrected chi connectivity index (χ1v) is 13.6. The number of nitrogens with zero attached hydrogens (tertiary/aromatic N) is 5. The summed E-state index contributed by atoms with van der Waals surface area (Å²) in [5, 5.41) is 3.21. The Bertz CT molecular complexity index is 1810. The van der Waals surface area contributed by atoms with Gasteiger partial charge in [0.15, 0.2) is 11.6 Å². The highest BCUT2D eigenvalue weighted by Crippen LogP contribution is 2.37. The molecule has 2 aromatic carbocycles. The molecule has 2 amide bonds. The second-order valence-corrected chi connectivity index (χ2v) is 10.7. The third-order valence-corrected chi connectivity index (χ3v) is 7.11. The van der Waals surface area contributed by atoms with E-state index in [-0.39, 0.29) is 24.0 Å². The predicted octanol–water partition coefficient (Wildman–Crippen LogP) is 5.48. The fourth-order valence-corrected chi connectivity index (χ4v) is 5.09. The summed E-state index contributed by atoms with van der Waals surface area (Å²) >= 11 is 1.37. The summed E-state index contributed by atoms with van der Waals surface area (Å²) in [6, 6.07) is 9.75. The molecule has 0 fully saturated rings. The third-order valence-electron chi connectivity index (χ3n) is 6.06. The summed E-state index contributed by atoms with van der Waals surface area (Å²) in [6.45, 7) is 3.46. The maximum atomic E-state index is 15.0. The second kappa shape index (κ2) is 11.9. The number of hydrogen-bond donors (Lipinski definition) is 1. The minimum Gasteiger partial charge on any atom is -0.484 e. The molecule has 0 saturated carbocycles. The van der Waals surface area contributed by atoms with Crippen LogP contribution in [0, 0.1) is 12.7 Å². The van der Waals surface area contributed by atoms with Crippen molar-refractivity contribution in [3.63, 3.8) is 0 Å². The van der Waals surface area contributed by atoms with E-state index in [9.17, 15) is 14.0 Å². The normalized spacial score (nSPS) is 11.8. The number of aryl methyl sites for hydroxylation is 1. The van der Waals surface area contributed by atoms with Crippen LogP contribution in [-0.2, 0) is 4.74 Å². The van der Waals surface area contributed by atoms with Crippen molar-refractivity contribution in [2.75, 3.05) is 33.1 Å². The molecule has 0 aliphatic carbocycles. The summed E-state index contributed by atoms with van der Waals surface area (Å²) in [5.74, 6) is -0.480. The highest BCUT2D eigenvalue weighted by Gasteiger charge is 2.18. The van der Waals surface area contributed by atoms with Crippen LogP contribution < -0.4 is 14.8 Å². The van der Waals surface area contributed by atoms with Crippen LogP contribution in [0.25, 0.3) is 31.8 Å². The van der Waals surface area contributed by atoms with E-state index in [1.807, 2.05) is 19.1 Å². The van der Waals surface area contributed by atoms with E-state index in [4.69, 9.17) is 14.2 Å². The Balaban J connectivity index is 1.27. The molecule has 0 aliphatic rings. The maximum absolute atomic E-state index is 15.0. The molecule has 1 atom stereocenters. The quantitative estimate of drug-likeness (QED) is 0.250. The zero-order valence-electron chi connectivity index (χ0n) is 23.5. The number of fused-ring (bicyclic) bond motifs is 2. The zero-order chi connectivity index (χ0) is 30.0. The van der Waals surface area contributed by atoms with E-state index in [2.05, 4.69) is 25.3 Å². The van der Waals surface area contributed by atoms with Crippen molar-refractivity contribution in [3.8, 4) is 22.2 Å². The summed E-state index contributed by atoms with van der Waals surface area (Å²) < 4.78 is 31.9. The lowest BCUT2D eigenvalue weighted by Crippen LogP contribution is -2.25. The molecule has 216 valence electrons. The lowest BCUT2D eigenvalue weighted by molar-refractivity contribution is 0.0821. The predicted molar refractivity (Wildman–Crippen MR) is 157 cm³/mol. The van der Waals surface area contributed by atoms with Crippen molar-refractivity contribution >= 4 is 50.3 Å². The fraction of sp³-hybridized carbons (Fsp3) is 0.241. The van der Waals surface area contributed by atoms with Crippen molar-refractivity contribution < 1.29 is 28.2 Å². The van der Waals surface area contributed by atoms with Crippen LogP contribution in [0.15, 0.2) is 48.8 Å². The van der Waals surface area contributed by atoms with Crippen LogP contribution in [-0.4, -0.2) is 70.8 Å². The van der Waals surface area contributed by atoms with Gasteiger partial charge in [-0.05, 0) is 43.7 Å². The van der Waals surface area contributed by atoms with Crippen LogP contribution in [0.5, 0.6) is 11.6 Å². The number of ether oxygens (including phenoxy) is 3. The molecule has 11 nitrogen and oxygen atoms in total. The second-order valence-electron chi connectivity index (χ2n) is 9.64. The first-order chi connectivity index (χ1) is 20.1. The topological polar surface area (TPSA) is 129 Å². The number of nitrogens with one attached hydrogen (secondary N) is 1. The number of halogens is 1. The lowest BCUT2D eigenvalue weighted by atomic mass is 10.1. The van der Waals surface area contributed by atoms with Crippen LogP contribution >= 0.6 is 11.3 Å². The molecule has 0 spiro atoms. The number of benzene rings is 2. The molecule has 5 rings (SSSR count). The average Bonchev–Trinajstić information content (AvgIpc) is 3.37. The first-order valence-electron chi connectivity index (χ1n) is 12.8. The van der Waals surface area contributed by atoms with Gasteiger partial charge in [0.2, 0.25) is 5.88 Å². The van der Waals surface area contributed by atoms with E-state index in [1.54, 1.807) is 33.3 Å². The number of anilines is 1. The minimum absolute atomic E-state index is 0.00816. The third kappa shape index (κ3) is 6.20. The van der Waals surface area contributed by atoms with Gasteiger partial charge < -0.3 is 19.1 Å². The number of thiazole rings is 1. The van der Waals surface area contributed by atoms with Crippen LogP contribution in [0.1, 0.15) is 23.0 Å². The number of carbonyl (C=O) groups is 2. The highest BCUT2D eigenvalue weighted by molar-refractivity contribution is 7.21. The molecule has 3 aromatic heterocycles. The number of aromatic nitrogens is 4. The number of rotatable bonds is 8. The standard InChI is InChI=1S/C29H27FN6O5S/c1-15-8-18(26-21(9-15)34-25(39-5)13-32-26)27-35-20-11-19(30)23(12-24(20)42-27)41-16(2)14-40-29(38)33-17-6-7-31-22(10-17)28(37)36(3)4/h6-13,16H,14H2,1-5H3,(H,31,33,38)/t16-/m0/s1. The molecule has 0 unspecified atom stereocenters. The van der Waals surface area contributed by atoms with Crippen LogP contribution in [0.2, 0.25) is 0 Å². The van der Waals surface area contributed by atoms with Gasteiger partial charge in [0.25, 0.3) is 5.91 Å². The van der Waals surface area contributed by atoms with Gasteiger partial charge in [-0.3, -0.25) is 15.1 Å². The minimum atomic E-state index is -0.756. The van der Waals surface area contributed by atoms with E-state index < -0.39 is 18.0 Å². The Morgan fingerprint density at radius 2 is 1.90 bits per heavy atom. The molecule has 42 heavy (non-hydrogen) atoms. The zero-order valence-corrected chi connectivity index (χ0v) is 24.3. The van der Waals surface area contributed by atoms with Gasteiger partial charge in [-0.2, -0.15) is 0 Å². The van der Waals surface area contributed by atoms with Gasteiger partial charge in [0, 0.05) is 43.7 Å². The maximum Gasteiger partial charge on any atom is 0.411 e. The SMILES string of the molecule is COc1cnc2c(-c3nc4cc(F)c(O[C@@H](C)COC(=O)Nc5ccnc(C(=O)N(C)C)c5)cc4s3)cc(C)cc2n1. The Kier molecular flexibility index (Phi) is 8.11. The fourth-order valence-electron chi connectivity index (χ4n) is 4.10. The van der Waals surface area contributed by atoms with E-state index in [0.29, 0.717) is 37.8 Å². The smallest absolute Gasteiger partial charge is 0.411 e. The summed E-state index contributed by atoms with van der Waals surface area (Å²) in [4.78, 5) is 43.4. The number of pyridine rings is 1. The van der Waals surface area contributed by atoms with Crippen molar-refractivity contribution in [2.24, 2.45) is 0 Å². The van der Waals surface area contributed by atoms with E-state index in [1.165, 1.54) is 47.7 Å². The average molecular weight is 591 g/mol. The Morgan fingerprint density at radius 3 is 2.67 bits per heavy atom. The molecule has 0 bridgehead atoms. The number of methoxy groups -OCH3 is 1. The number of carbonyl (C=O) groups excluding carboxylic acids is 2. The number of hydrogen-bond acceptors (Lipinski definition) is 10. The summed E-state index contributed by atoms with van der Waals surface area (Å²) in [5.41, 5.74) is 4.08. The molecular weight excluding hydrogens is 563 g/mol. The van der Waals surface area contributed by atoms with Gasteiger partial charge >= 0.3 is 6.09 Å². The van der Waals surface area contributed by atoms with Gasteiger partial charge in [-0.25, -0.2) is 24.1 Å².